The molecule has 1 atom stereocenters. The van der Waals surface area contributed by atoms with Crippen LogP contribution in [0.25, 0.3) is 11.0 Å². The lowest BCUT2D eigenvalue weighted by molar-refractivity contribution is 0.0937. The lowest BCUT2D eigenvalue weighted by Crippen LogP contribution is -2.37. The SMILES string of the molecule is COc1cc2nn[nH]c2cc1C(=O)N[C@@H]1CCN(c2c(F)cccc2F)C1. The molecule has 1 fully saturated rings. The summed E-state index contributed by atoms with van der Waals surface area (Å²) in [5.74, 6) is -1.17. The third kappa shape index (κ3) is 3.16. The van der Waals surface area contributed by atoms with E-state index in [2.05, 4.69) is 20.7 Å². The molecule has 0 spiro atoms. The average molecular weight is 373 g/mol. The summed E-state index contributed by atoms with van der Waals surface area (Å²) in [6.45, 7) is 0.767. The highest BCUT2D eigenvalue weighted by atomic mass is 19.1. The highest BCUT2D eigenvalue weighted by molar-refractivity contribution is 6.00. The van der Waals surface area contributed by atoms with Crippen molar-refractivity contribution >= 4 is 22.6 Å². The fourth-order valence-electron chi connectivity index (χ4n) is 3.36. The monoisotopic (exact) mass is 373 g/mol. The van der Waals surface area contributed by atoms with Crippen molar-refractivity contribution in [3.05, 3.63) is 47.5 Å². The number of carbonyl (C=O) groups is 1. The van der Waals surface area contributed by atoms with Crippen molar-refractivity contribution in [3.63, 3.8) is 0 Å². The zero-order valence-electron chi connectivity index (χ0n) is 14.5. The first kappa shape index (κ1) is 17.2. The first-order valence-electron chi connectivity index (χ1n) is 8.45. The largest absolute Gasteiger partial charge is 0.496 e. The van der Waals surface area contributed by atoms with Crippen LogP contribution in [0.2, 0.25) is 0 Å². The summed E-state index contributed by atoms with van der Waals surface area (Å²) in [5.41, 5.74) is 1.48. The van der Waals surface area contributed by atoms with Crippen LogP contribution in [0.3, 0.4) is 0 Å². The predicted octanol–water partition coefficient (Wildman–Crippen LogP) is 2.25. The maximum absolute atomic E-state index is 14.0. The van der Waals surface area contributed by atoms with Crippen LogP contribution in [0.1, 0.15) is 16.8 Å². The minimum atomic E-state index is -0.610. The van der Waals surface area contributed by atoms with Crippen molar-refractivity contribution in [2.24, 2.45) is 0 Å². The van der Waals surface area contributed by atoms with Gasteiger partial charge in [-0.1, -0.05) is 11.3 Å². The number of aromatic nitrogens is 3. The molecule has 1 aromatic heterocycles. The Balaban J connectivity index is 1.51. The number of amides is 1. The normalized spacial score (nSPS) is 16.7. The Morgan fingerprint density at radius 1 is 1.33 bits per heavy atom. The van der Waals surface area contributed by atoms with E-state index in [-0.39, 0.29) is 17.6 Å². The number of carbonyl (C=O) groups excluding carboxylic acids is 1. The van der Waals surface area contributed by atoms with Gasteiger partial charge in [0.2, 0.25) is 0 Å². The van der Waals surface area contributed by atoms with Crippen LogP contribution < -0.4 is 15.0 Å². The number of fused-ring (bicyclic) bond motifs is 1. The highest BCUT2D eigenvalue weighted by Crippen LogP contribution is 2.28. The Morgan fingerprint density at radius 3 is 2.85 bits per heavy atom. The van der Waals surface area contributed by atoms with Crippen molar-refractivity contribution in [1.82, 2.24) is 20.7 Å². The smallest absolute Gasteiger partial charge is 0.255 e. The molecule has 1 aliphatic rings. The molecule has 0 aliphatic carbocycles. The molecule has 2 heterocycles. The van der Waals surface area contributed by atoms with Crippen LogP contribution in [0.4, 0.5) is 14.5 Å². The average Bonchev–Trinajstić information content (AvgIpc) is 3.29. The molecule has 140 valence electrons. The molecule has 27 heavy (non-hydrogen) atoms. The molecule has 0 unspecified atom stereocenters. The standard InChI is InChI=1S/C18H17F2N5O2/c1-27-16-8-15-14(22-24-23-15)7-11(16)18(26)21-10-5-6-25(9-10)17-12(19)3-2-4-13(17)20/h2-4,7-8,10H,5-6,9H2,1H3,(H,21,26)(H,22,23,24)/t10-/m1/s1. The van der Waals surface area contributed by atoms with E-state index < -0.39 is 11.6 Å². The van der Waals surface area contributed by atoms with Crippen molar-refractivity contribution in [1.29, 1.82) is 0 Å². The van der Waals surface area contributed by atoms with Gasteiger partial charge in [-0.25, -0.2) is 8.78 Å². The van der Waals surface area contributed by atoms with Crippen molar-refractivity contribution in [2.75, 3.05) is 25.1 Å². The number of para-hydroxylation sites is 1. The minimum absolute atomic E-state index is 0.0585. The number of hydrogen-bond acceptors (Lipinski definition) is 5. The molecule has 4 rings (SSSR count). The van der Waals surface area contributed by atoms with Crippen LogP contribution >= 0.6 is 0 Å². The molecule has 9 heteroatoms. The zero-order chi connectivity index (χ0) is 19.0. The number of benzene rings is 2. The van der Waals surface area contributed by atoms with E-state index in [1.165, 1.54) is 25.3 Å². The molecular formula is C18H17F2N5O2. The van der Waals surface area contributed by atoms with Crippen LogP contribution in [-0.4, -0.2) is 47.6 Å². The Bertz CT molecular complexity index is 986. The molecule has 3 aromatic rings. The summed E-state index contributed by atoms with van der Waals surface area (Å²) < 4.78 is 33.2. The second-order valence-corrected chi connectivity index (χ2v) is 6.36. The predicted molar refractivity (Wildman–Crippen MR) is 94.9 cm³/mol. The van der Waals surface area contributed by atoms with Gasteiger partial charge in [-0.2, -0.15) is 0 Å². The number of nitrogens with one attached hydrogen (secondary N) is 2. The van der Waals surface area contributed by atoms with Gasteiger partial charge in [-0.15, -0.1) is 5.10 Å². The second kappa shape index (κ2) is 6.82. The lowest BCUT2D eigenvalue weighted by atomic mass is 10.1. The van der Waals surface area contributed by atoms with Gasteiger partial charge in [0.05, 0.1) is 18.2 Å². The Labute approximate surface area is 153 Å². The molecule has 0 saturated carbocycles. The molecular weight excluding hydrogens is 356 g/mol. The van der Waals surface area contributed by atoms with Gasteiger partial charge in [-0.05, 0) is 24.6 Å². The van der Waals surface area contributed by atoms with Gasteiger partial charge in [0, 0.05) is 25.2 Å². The molecule has 7 nitrogen and oxygen atoms in total. The van der Waals surface area contributed by atoms with Gasteiger partial charge in [0.1, 0.15) is 28.6 Å². The quantitative estimate of drug-likeness (QED) is 0.733. The topological polar surface area (TPSA) is 83.1 Å². The molecule has 1 aliphatic heterocycles. The Morgan fingerprint density at radius 2 is 2.11 bits per heavy atom. The van der Waals surface area contributed by atoms with Crippen molar-refractivity contribution in [2.45, 2.75) is 12.5 Å². The molecule has 0 radical (unpaired) electrons. The number of ether oxygens (including phenoxy) is 1. The molecule has 1 saturated heterocycles. The summed E-state index contributed by atoms with van der Waals surface area (Å²) in [5, 5.41) is 13.2. The van der Waals surface area contributed by atoms with E-state index in [1.807, 2.05) is 0 Å². The number of aromatic amines is 1. The van der Waals surface area contributed by atoms with Gasteiger partial charge >= 0.3 is 0 Å². The van der Waals surface area contributed by atoms with Crippen LogP contribution in [0.5, 0.6) is 5.75 Å². The Kier molecular flexibility index (Phi) is 4.35. The number of methoxy groups -OCH3 is 1. The fourth-order valence-corrected chi connectivity index (χ4v) is 3.36. The maximum atomic E-state index is 14.0. The van der Waals surface area contributed by atoms with Crippen LogP contribution in [0.15, 0.2) is 30.3 Å². The van der Waals surface area contributed by atoms with Crippen LogP contribution in [-0.2, 0) is 0 Å². The number of halogens is 2. The van der Waals surface area contributed by atoms with Crippen LogP contribution in [0, 0.1) is 11.6 Å². The van der Waals surface area contributed by atoms with Gasteiger partial charge in [-0.3, -0.25) is 9.89 Å². The fraction of sp³-hybridized carbons (Fsp3) is 0.278. The number of anilines is 1. The first-order chi connectivity index (χ1) is 13.1. The molecule has 2 N–H and O–H groups in total. The van der Waals surface area contributed by atoms with E-state index >= 15 is 0 Å². The highest BCUT2D eigenvalue weighted by Gasteiger charge is 2.28. The third-order valence-electron chi connectivity index (χ3n) is 4.67. The lowest BCUT2D eigenvalue weighted by Gasteiger charge is -2.20. The number of rotatable bonds is 4. The van der Waals surface area contributed by atoms with E-state index in [4.69, 9.17) is 4.74 Å². The summed E-state index contributed by atoms with van der Waals surface area (Å²) in [6, 6.07) is 6.79. The van der Waals surface area contributed by atoms with E-state index in [0.717, 1.165) is 0 Å². The van der Waals surface area contributed by atoms with E-state index in [1.54, 1.807) is 17.0 Å². The number of nitrogens with zero attached hydrogens (tertiary/aromatic N) is 3. The second-order valence-electron chi connectivity index (χ2n) is 6.36. The molecule has 1 amide bonds. The van der Waals surface area contributed by atoms with Gasteiger partial charge in [0.25, 0.3) is 5.91 Å². The Hall–Kier alpha value is -3.23. The van der Waals surface area contributed by atoms with E-state index in [9.17, 15) is 13.6 Å². The minimum Gasteiger partial charge on any atom is -0.496 e. The molecule has 2 aromatic carbocycles. The van der Waals surface area contributed by atoms with Gasteiger partial charge < -0.3 is 15.0 Å². The van der Waals surface area contributed by atoms with Gasteiger partial charge in [0.15, 0.2) is 0 Å². The summed E-state index contributed by atoms with van der Waals surface area (Å²) in [6.07, 6.45) is 0.579. The molecule has 0 bridgehead atoms. The number of H-pyrrole nitrogens is 1. The van der Waals surface area contributed by atoms with E-state index in [0.29, 0.717) is 41.9 Å². The first-order valence-corrected chi connectivity index (χ1v) is 8.45. The van der Waals surface area contributed by atoms with Crippen molar-refractivity contribution < 1.29 is 18.3 Å². The maximum Gasteiger partial charge on any atom is 0.255 e. The van der Waals surface area contributed by atoms with Crippen molar-refractivity contribution in [3.8, 4) is 5.75 Å². The third-order valence-corrected chi connectivity index (χ3v) is 4.67. The summed E-state index contributed by atoms with van der Waals surface area (Å²) in [4.78, 5) is 14.3. The summed E-state index contributed by atoms with van der Waals surface area (Å²) >= 11 is 0. The zero-order valence-corrected chi connectivity index (χ0v) is 14.5. The summed E-state index contributed by atoms with van der Waals surface area (Å²) in [7, 11) is 1.47. The number of hydrogen-bond donors (Lipinski definition) is 2.